The number of hydrogen-bond donors (Lipinski definition) is 0. The molecular weight excluding hydrogens is 338 g/mol. The Labute approximate surface area is 161 Å². The fourth-order valence-electron chi connectivity index (χ4n) is 4.41. The maximum Gasteiger partial charge on any atom is 0.222 e. The quantitative estimate of drug-likeness (QED) is 0.789. The van der Waals surface area contributed by atoms with E-state index in [-0.39, 0.29) is 11.3 Å². The highest BCUT2D eigenvalue weighted by Gasteiger charge is 2.51. The lowest BCUT2D eigenvalue weighted by molar-refractivity contribution is -0.142. The number of amides is 1. The summed E-state index contributed by atoms with van der Waals surface area (Å²) in [7, 11) is 2.16. The first-order valence-corrected chi connectivity index (χ1v) is 9.68. The Balaban J connectivity index is 1.24. The molecule has 0 bridgehead atoms. The zero-order valence-electron chi connectivity index (χ0n) is 15.9. The number of pyridine rings is 1. The van der Waals surface area contributed by atoms with Crippen LogP contribution in [0.25, 0.3) is 0 Å². The number of aromatic nitrogens is 1. The van der Waals surface area contributed by atoms with Crippen LogP contribution < -0.4 is 4.74 Å². The topological polar surface area (TPSA) is 45.7 Å². The van der Waals surface area contributed by atoms with Gasteiger partial charge in [-0.3, -0.25) is 14.7 Å². The number of hydrogen-bond acceptors (Lipinski definition) is 4. The van der Waals surface area contributed by atoms with Crippen LogP contribution in [0, 0.1) is 5.41 Å². The minimum Gasteiger partial charge on any atom is -0.492 e. The van der Waals surface area contributed by atoms with E-state index < -0.39 is 0 Å². The van der Waals surface area contributed by atoms with Crippen LogP contribution >= 0.6 is 0 Å². The second-order valence-corrected chi connectivity index (χ2v) is 8.00. The summed E-state index contributed by atoms with van der Waals surface area (Å²) in [6.45, 7) is 3.50. The molecule has 0 radical (unpaired) electrons. The van der Waals surface area contributed by atoms with E-state index in [2.05, 4.69) is 29.1 Å². The van der Waals surface area contributed by atoms with Gasteiger partial charge in [0.25, 0.3) is 0 Å². The molecule has 1 atom stereocenters. The lowest BCUT2D eigenvalue weighted by Gasteiger charge is -2.48. The molecule has 5 nitrogen and oxygen atoms in total. The summed E-state index contributed by atoms with van der Waals surface area (Å²) < 4.78 is 5.92. The van der Waals surface area contributed by atoms with Crippen LogP contribution in [-0.2, 0) is 11.2 Å². The third-order valence-electron chi connectivity index (χ3n) is 5.84. The Bertz CT molecular complexity index is 760. The molecule has 0 aliphatic carbocycles. The lowest BCUT2D eigenvalue weighted by atomic mass is 9.77. The Morgan fingerprint density at radius 3 is 2.63 bits per heavy atom. The summed E-state index contributed by atoms with van der Waals surface area (Å²) in [5, 5.41) is 0. The van der Waals surface area contributed by atoms with Crippen LogP contribution in [0.15, 0.2) is 54.9 Å². The van der Waals surface area contributed by atoms with Gasteiger partial charge in [-0.2, -0.15) is 0 Å². The van der Waals surface area contributed by atoms with Gasteiger partial charge in [0.15, 0.2) is 0 Å². The summed E-state index contributed by atoms with van der Waals surface area (Å²) >= 11 is 0. The third kappa shape index (κ3) is 4.14. The van der Waals surface area contributed by atoms with Gasteiger partial charge >= 0.3 is 0 Å². The van der Waals surface area contributed by atoms with Gasteiger partial charge in [-0.05, 0) is 37.6 Å². The molecule has 0 saturated carbocycles. The molecule has 3 heterocycles. The third-order valence-corrected chi connectivity index (χ3v) is 5.84. The Morgan fingerprint density at radius 1 is 1.15 bits per heavy atom. The molecule has 2 fully saturated rings. The highest BCUT2D eigenvalue weighted by Crippen LogP contribution is 2.42. The van der Waals surface area contributed by atoms with E-state index in [0.29, 0.717) is 19.1 Å². The van der Waals surface area contributed by atoms with Gasteiger partial charge in [0.05, 0.1) is 0 Å². The largest absolute Gasteiger partial charge is 0.492 e. The number of likely N-dealkylation sites (tertiary alicyclic amines) is 2. The predicted octanol–water partition coefficient (Wildman–Crippen LogP) is 2.63. The predicted molar refractivity (Wildman–Crippen MR) is 105 cm³/mol. The van der Waals surface area contributed by atoms with E-state index in [0.717, 1.165) is 38.2 Å². The maximum absolute atomic E-state index is 12.5. The molecule has 2 aliphatic rings. The molecule has 1 aromatic carbocycles. The number of nitrogens with zero attached hydrogens (tertiary/aromatic N) is 3. The molecule has 4 rings (SSSR count). The van der Waals surface area contributed by atoms with Crippen molar-refractivity contribution in [1.82, 2.24) is 14.8 Å². The second kappa shape index (κ2) is 7.69. The smallest absolute Gasteiger partial charge is 0.222 e. The lowest BCUT2D eigenvalue weighted by Crippen LogP contribution is -2.59. The summed E-state index contributed by atoms with van der Waals surface area (Å²) in [6, 6.07) is 14.4. The standard InChI is InChI=1S/C22H27N3O2/c1-24-15-22(13-19(24)14-27-20-9-11-23-12-10-20)16-25(17-22)21(26)8-7-18-5-3-2-4-6-18/h2-6,9-12,19H,7-8,13-17H2,1H3. The average Bonchev–Trinajstić information content (AvgIpc) is 3.02. The van der Waals surface area contributed by atoms with Crippen molar-refractivity contribution in [2.45, 2.75) is 25.3 Å². The molecule has 5 heteroatoms. The van der Waals surface area contributed by atoms with Gasteiger partial charge in [0.2, 0.25) is 5.91 Å². The average molecular weight is 365 g/mol. The molecular formula is C22H27N3O2. The van der Waals surface area contributed by atoms with Crippen molar-refractivity contribution in [3.63, 3.8) is 0 Å². The van der Waals surface area contributed by atoms with E-state index in [9.17, 15) is 4.79 Å². The molecule has 2 aromatic rings. The van der Waals surface area contributed by atoms with E-state index in [1.54, 1.807) is 12.4 Å². The van der Waals surface area contributed by atoms with Gasteiger partial charge in [-0.1, -0.05) is 30.3 Å². The fraction of sp³-hybridized carbons (Fsp3) is 0.455. The minimum absolute atomic E-state index is 0.253. The SMILES string of the molecule is CN1CC2(CC1COc1ccncc1)CN(C(=O)CCc1ccccc1)C2. The zero-order valence-corrected chi connectivity index (χ0v) is 15.9. The van der Waals surface area contributed by atoms with E-state index in [1.165, 1.54) is 5.56 Å². The van der Waals surface area contributed by atoms with E-state index in [1.807, 2.05) is 35.2 Å². The van der Waals surface area contributed by atoms with Gasteiger partial charge in [-0.25, -0.2) is 0 Å². The molecule has 1 unspecified atom stereocenters. The van der Waals surface area contributed by atoms with Crippen LogP contribution in [0.5, 0.6) is 5.75 Å². The van der Waals surface area contributed by atoms with Crippen molar-refractivity contribution in [3.8, 4) is 5.75 Å². The summed E-state index contributed by atoms with van der Waals surface area (Å²) in [5.41, 5.74) is 1.48. The highest BCUT2D eigenvalue weighted by atomic mass is 16.5. The van der Waals surface area contributed by atoms with E-state index in [4.69, 9.17) is 4.74 Å². The maximum atomic E-state index is 12.5. The minimum atomic E-state index is 0.253. The second-order valence-electron chi connectivity index (χ2n) is 8.00. The number of benzene rings is 1. The molecule has 142 valence electrons. The van der Waals surface area contributed by atoms with Crippen LogP contribution in [-0.4, -0.2) is 60.0 Å². The van der Waals surface area contributed by atoms with Crippen LogP contribution in [0.2, 0.25) is 0 Å². The molecule has 2 aliphatic heterocycles. The van der Waals surface area contributed by atoms with Crippen LogP contribution in [0.1, 0.15) is 18.4 Å². The normalized spacial score (nSPS) is 21.2. The van der Waals surface area contributed by atoms with Crippen LogP contribution in [0.3, 0.4) is 0 Å². The molecule has 1 spiro atoms. The van der Waals surface area contributed by atoms with Crippen molar-refractivity contribution in [2.75, 3.05) is 33.3 Å². The number of aryl methyl sites for hydroxylation is 1. The van der Waals surface area contributed by atoms with E-state index >= 15 is 0 Å². The number of carbonyl (C=O) groups excluding carboxylic acids is 1. The van der Waals surface area contributed by atoms with Crippen molar-refractivity contribution in [2.24, 2.45) is 5.41 Å². The molecule has 1 amide bonds. The zero-order chi connectivity index (χ0) is 18.7. The van der Waals surface area contributed by atoms with Crippen molar-refractivity contribution < 1.29 is 9.53 Å². The molecule has 27 heavy (non-hydrogen) atoms. The summed E-state index contributed by atoms with van der Waals surface area (Å²) in [6.07, 6.45) is 6.02. The van der Waals surface area contributed by atoms with Gasteiger partial charge in [0, 0.05) is 49.9 Å². The molecule has 2 saturated heterocycles. The molecule has 1 aromatic heterocycles. The van der Waals surface area contributed by atoms with Crippen molar-refractivity contribution in [3.05, 3.63) is 60.4 Å². The Kier molecular flexibility index (Phi) is 5.12. The fourth-order valence-corrected chi connectivity index (χ4v) is 4.41. The van der Waals surface area contributed by atoms with Gasteiger partial charge in [0.1, 0.15) is 12.4 Å². The number of rotatable bonds is 6. The summed E-state index contributed by atoms with van der Waals surface area (Å²) in [5.74, 6) is 1.15. The highest BCUT2D eigenvalue weighted by molar-refractivity contribution is 5.77. The number of ether oxygens (including phenoxy) is 1. The van der Waals surface area contributed by atoms with Crippen molar-refractivity contribution >= 4 is 5.91 Å². The molecule has 0 N–H and O–H groups in total. The Morgan fingerprint density at radius 2 is 1.89 bits per heavy atom. The van der Waals surface area contributed by atoms with Crippen LogP contribution in [0.4, 0.5) is 0 Å². The Hall–Kier alpha value is -2.40. The van der Waals surface area contributed by atoms with Gasteiger partial charge < -0.3 is 9.64 Å². The number of carbonyl (C=O) groups is 1. The van der Waals surface area contributed by atoms with Gasteiger partial charge in [-0.15, -0.1) is 0 Å². The van der Waals surface area contributed by atoms with Crippen molar-refractivity contribution in [1.29, 1.82) is 0 Å². The first kappa shape index (κ1) is 18.0. The summed E-state index contributed by atoms with van der Waals surface area (Å²) in [4.78, 5) is 20.9. The monoisotopic (exact) mass is 365 g/mol. The first-order chi connectivity index (χ1) is 13.1. The number of likely N-dealkylation sites (N-methyl/N-ethyl adjacent to an activating group) is 1. The first-order valence-electron chi connectivity index (χ1n) is 9.68.